The Balaban J connectivity index is 0.000000255. The Morgan fingerprint density at radius 3 is 1.33 bits per heavy atom. The van der Waals surface area contributed by atoms with Crippen LogP contribution in [0.5, 0.6) is 11.5 Å². The molecule has 0 aliphatic heterocycles. The van der Waals surface area contributed by atoms with E-state index in [0.717, 1.165) is 5.69 Å². The molecule has 6 aliphatic carbocycles. The zero-order valence-electron chi connectivity index (χ0n) is 40.4. The number of aliphatic hydroxyl groups is 6. The van der Waals surface area contributed by atoms with Gasteiger partial charge in [-0.15, -0.1) is 0 Å². The molecular weight excluding hydrogens is 1100 g/mol. The maximum absolute atomic E-state index is 13.8. The predicted molar refractivity (Wildman–Crippen MR) is 260 cm³/mol. The number of nitriles is 1. The fourth-order valence-corrected chi connectivity index (χ4v) is 12.0. The second kappa shape index (κ2) is 19.9. The van der Waals surface area contributed by atoms with Gasteiger partial charge in [-0.05, 0) is 112 Å². The number of phenols is 2. The zero-order chi connectivity index (χ0) is 53.6. The predicted octanol–water partition coefficient (Wildman–Crippen LogP) is 0.630. The van der Waals surface area contributed by atoms with Gasteiger partial charge >= 0.3 is 0 Å². The van der Waals surface area contributed by atoms with Crippen LogP contribution in [-0.2, 0) is 61.1 Å². The van der Waals surface area contributed by atoms with Crippen LogP contribution in [-0.4, -0.2) is 165 Å². The summed E-state index contributed by atoms with van der Waals surface area (Å²) in [5.41, 5.74) is 5.49. The number of aliphatic hydroxyl groups excluding tert-OH is 4. The summed E-state index contributed by atoms with van der Waals surface area (Å²) in [6.45, 7) is 4.75. The summed E-state index contributed by atoms with van der Waals surface area (Å²) >= 11 is 1.92. The SMILES string of the molecule is CN(C)c1cc(C#N)c(O)c2c1C[C@H]1C[C@H]3[C@H](N(C)C)C(=O)C(C(N)=O)=C(O)[C@@]3(O)C(=O)C1=C2O.CN(C)c1cc(I)c(O)c2c1C[C@H]1C[C@H]3[C@H](N(C)C)C(=O)C(C(N)=O)=C(O)[C@@]3(O)C(=O)C1=C2O.[C-]#N.[Zn]. The second-order valence-electron chi connectivity index (χ2n) is 19.0. The number of rotatable bonds is 6. The van der Waals surface area contributed by atoms with Gasteiger partial charge in [-0.3, -0.25) is 38.6 Å². The fourth-order valence-electron chi connectivity index (χ4n) is 11.4. The maximum Gasteiger partial charge on any atom is 0.255 e. The van der Waals surface area contributed by atoms with Gasteiger partial charge in [0.1, 0.15) is 51.8 Å². The normalized spacial score (nSPS) is 27.1. The number of fused-ring (bicyclic) bond motifs is 6. The van der Waals surface area contributed by atoms with Crippen molar-refractivity contribution < 1.29 is 89.1 Å². The number of primary amides is 2. The standard InChI is InChI=1S/C24H26N4O7.C23H26IN3O7.CN.Zn/c1-27(2)13-7-10(8-25)18(29)15-11(13)5-9-6-12-17(28(3)4)20(31)16(23(26)34)22(33)24(12,35)21(32)14(9)19(15)30;1-26(2)12-7-11(24)17(28)14-9(12)5-8-6-10-16(27(3)4)19(30)15(22(25)33)21(32)23(10,34)20(31)13(8)18(14)29;1-2;/h7,9,12,17,29-30,33,35H,5-6H2,1-4H3,(H2,26,34);7-8,10,16,28-29,32,34H,5-6H2,1-4H3,(H2,25,33);;/q;;-1;/t9-,12-,17-,24-;8-,10-,16-,23-;;/m00../s1. The van der Waals surface area contributed by atoms with Crippen LogP contribution in [0.1, 0.15) is 40.7 Å². The number of benzene rings is 2. The van der Waals surface area contributed by atoms with Crippen LogP contribution >= 0.6 is 22.6 Å². The third-order valence-corrected chi connectivity index (χ3v) is 15.3. The molecule has 0 radical (unpaired) electrons. The number of nitrogens with two attached hydrogens (primary N) is 2. The summed E-state index contributed by atoms with van der Waals surface area (Å²) in [6, 6.07) is 2.87. The van der Waals surface area contributed by atoms with E-state index in [9.17, 15) is 74.9 Å². The van der Waals surface area contributed by atoms with Crippen molar-refractivity contribution >= 4 is 80.4 Å². The van der Waals surface area contributed by atoms with Crippen molar-refractivity contribution in [3.63, 3.8) is 0 Å². The molecule has 2 fully saturated rings. The van der Waals surface area contributed by atoms with Crippen molar-refractivity contribution in [2.24, 2.45) is 35.1 Å². The van der Waals surface area contributed by atoms with E-state index < -0.39 is 122 Å². The van der Waals surface area contributed by atoms with E-state index in [4.69, 9.17) is 23.3 Å². The molecule has 2 amide bonds. The van der Waals surface area contributed by atoms with Gasteiger partial charge in [0.05, 0.1) is 32.3 Å². The average molecular weight is 1160 g/mol. The first kappa shape index (κ1) is 56.5. The van der Waals surface area contributed by atoms with E-state index in [2.05, 4.69) is 0 Å². The molecule has 378 valence electrons. The molecule has 72 heavy (non-hydrogen) atoms. The number of nitrogens with zero attached hydrogens (tertiary/aromatic N) is 6. The molecule has 0 spiro atoms. The molecule has 2 saturated carbocycles. The molecule has 0 heterocycles. The summed E-state index contributed by atoms with van der Waals surface area (Å²) in [4.78, 5) is 84.2. The van der Waals surface area contributed by atoms with E-state index in [0.29, 0.717) is 20.4 Å². The summed E-state index contributed by atoms with van der Waals surface area (Å²) in [6.07, 6.45) is 0.471. The van der Waals surface area contributed by atoms with Gasteiger partial charge in [-0.1, -0.05) is 0 Å². The molecule has 0 bridgehead atoms. The van der Waals surface area contributed by atoms with E-state index in [-0.39, 0.29) is 78.7 Å². The molecule has 0 saturated heterocycles. The minimum Gasteiger partial charge on any atom is -0.512 e. The first-order valence-electron chi connectivity index (χ1n) is 21.7. The number of Topliss-reactive ketones (excluding diaryl/α,β-unsaturated/α-hetero) is 4. The minimum atomic E-state index is -2.70. The van der Waals surface area contributed by atoms with Crippen LogP contribution in [0.25, 0.3) is 11.5 Å². The van der Waals surface area contributed by atoms with Crippen LogP contribution in [0, 0.1) is 50.4 Å². The summed E-state index contributed by atoms with van der Waals surface area (Å²) in [5, 5.41) is 104. The molecule has 8 atom stereocenters. The number of carbonyl (C=O) groups is 6. The van der Waals surface area contributed by atoms with Crippen molar-refractivity contribution in [2.75, 3.05) is 66.2 Å². The number of hydrogen-bond acceptors (Lipinski definition) is 20. The van der Waals surface area contributed by atoms with Crippen molar-refractivity contribution in [1.82, 2.24) is 9.80 Å². The van der Waals surface area contributed by atoms with Crippen molar-refractivity contribution in [1.29, 1.82) is 10.5 Å². The first-order valence-corrected chi connectivity index (χ1v) is 22.8. The number of anilines is 2. The number of aromatic hydroxyl groups is 2. The fraction of sp³-hybridized carbons (Fsp3) is 0.417. The molecule has 12 N–H and O–H groups in total. The van der Waals surface area contributed by atoms with Crippen molar-refractivity contribution in [3.8, 4) is 17.6 Å². The molecule has 24 heteroatoms. The van der Waals surface area contributed by atoms with Crippen LogP contribution in [0.15, 0.2) is 45.9 Å². The molecular formula is C48H52IN8O14Zn-. The Kier molecular flexibility index (Phi) is 15.6. The van der Waals surface area contributed by atoms with Crippen molar-refractivity contribution in [3.05, 3.63) is 83.9 Å². The molecule has 6 aliphatic rings. The Morgan fingerprint density at radius 1 is 0.667 bits per heavy atom. The number of ketones is 4. The van der Waals surface area contributed by atoms with Crippen LogP contribution in [0.3, 0.4) is 0 Å². The number of halogens is 1. The smallest absolute Gasteiger partial charge is 0.255 e. The van der Waals surface area contributed by atoms with Crippen LogP contribution in [0.2, 0.25) is 0 Å². The quantitative estimate of drug-likeness (QED) is 0.0821. The van der Waals surface area contributed by atoms with Crippen LogP contribution in [0.4, 0.5) is 11.4 Å². The molecule has 0 aromatic heterocycles. The molecule has 2 aromatic rings. The summed E-state index contributed by atoms with van der Waals surface area (Å²) in [5.74, 6) is -13.8. The van der Waals surface area contributed by atoms with Crippen molar-refractivity contribution in [2.45, 2.75) is 49.0 Å². The summed E-state index contributed by atoms with van der Waals surface area (Å²) < 4.78 is 0.459. The molecule has 2 aromatic carbocycles. The Hall–Kier alpha value is -6.41. The topological polar surface area (TPSA) is 377 Å². The molecule has 8 rings (SSSR count). The van der Waals surface area contributed by atoms with Gasteiger partial charge in [-0.25, -0.2) is 0 Å². The zero-order valence-corrected chi connectivity index (χ0v) is 45.5. The number of phenolic OH excluding ortho intramolecular Hbond substituents is 2. The van der Waals surface area contributed by atoms with E-state index in [1.165, 1.54) is 15.9 Å². The molecule has 0 unspecified atom stereocenters. The second-order valence-corrected chi connectivity index (χ2v) is 20.2. The van der Waals surface area contributed by atoms with E-state index in [1.807, 2.05) is 47.7 Å². The number of hydrogen-bond donors (Lipinski definition) is 10. The number of carbonyl (C=O) groups excluding carboxylic acids is 6. The third kappa shape index (κ3) is 8.08. The van der Waals surface area contributed by atoms with Gasteiger partial charge in [0, 0.05) is 82.0 Å². The number of likely N-dealkylation sites (N-methyl/N-ethyl adjacent to an activating group) is 2. The minimum absolute atomic E-state index is 0. The average Bonchev–Trinajstić information content (AvgIpc) is 3.27. The third-order valence-electron chi connectivity index (χ3n) is 14.4. The van der Waals surface area contributed by atoms with Gasteiger partial charge in [0.25, 0.3) is 11.8 Å². The van der Waals surface area contributed by atoms with Gasteiger partial charge in [0.2, 0.25) is 11.6 Å². The van der Waals surface area contributed by atoms with Gasteiger partial charge in [0.15, 0.2) is 22.8 Å². The Bertz CT molecular complexity index is 2970. The maximum atomic E-state index is 13.8. The monoisotopic (exact) mass is 1160 g/mol. The van der Waals surface area contributed by atoms with Gasteiger partial charge in [-0.2, -0.15) is 5.26 Å². The number of amides is 2. The van der Waals surface area contributed by atoms with Crippen LogP contribution < -0.4 is 21.3 Å². The molecule has 22 nitrogen and oxygen atoms in total. The van der Waals surface area contributed by atoms with E-state index >= 15 is 0 Å². The Labute approximate surface area is 439 Å². The summed E-state index contributed by atoms with van der Waals surface area (Å²) in [7, 11) is 13.3. The van der Waals surface area contributed by atoms with E-state index in [1.54, 1.807) is 53.3 Å². The van der Waals surface area contributed by atoms with Gasteiger partial charge < -0.3 is 74.0 Å². The first-order chi connectivity index (χ1) is 33.0. The largest absolute Gasteiger partial charge is 0.512 e. The Morgan fingerprint density at radius 2 is 1.01 bits per heavy atom.